The topological polar surface area (TPSA) is 64.1 Å². The zero-order chi connectivity index (χ0) is 13.7. The summed E-state index contributed by atoms with van der Waals surface area (Å²) in [5.41, 5.74) is 1.88. The minimum absolute atomic E-state index is 0.0421. The summed E-state index contributed by atoms with van der Waals surface area (Å²) in [5.74, 6) is 1.28. The van der Waals surface area contributed by atoms with Crippen molar-refractivity contribution in [2.24, 2.45) is 0 Å². The normalized spacial score (nSPS) is 10.0. The van der Waals surface area contributed by atoms with Crippen molar-refractivity contribution in [2.75, 3.05) is 19.0 Å². The third-order valence-corrected chi connectivity index (χ3v) is 2.55. The van der Waals surface area contributed by atoms with Gasteiger partial charge in [-0.3, -0.25) is 4.79 Å². The molecular weight excluding hydrogens is 242 g/mol. The summed E-state index contributed by atoms with van der Waals surface area (Å²) in [6.45, 7) is 1.75. The van der Waals surface area contributed by atoms with Gasteiger partial charge in [-0.25, -0.2) is 9.97 Å². The second-order valence-electron chi connectivity index (χ2n) is 4.08. The summed E-state index contributed by atoms with van der Waals surface area (Å²) in [5, 5.41) is 2.85. The van der Waals surface area contributed by atoms with Crippen LogP contribution >= 0.6 is 0 Å². The number of benzene rings is 1. The molecular formula is C14H15N3O2. The molecule has 0 unspecified atom stereocenters. The number of hydrogen-bond acceptors (Lipinski definition) is 5. The molecule has 2 rings (SSSR count). The van der Waals surface area contributed by atoms with Crippen LogP contribution in [0.2, 0.25) is 0 Å². The molecule has 5 nitrogen and oxygen atoms in total. The summed E-state index contributed by atoms with van der Waals surface area (Å²) in [6.07, 6.45) is 3.43. The van der Waals surface area contributed by atoms with Gasteiger partial charge in [0.1, 0.15) is 11.5 Å². The highest BCUT2D eigenvalue weighted by Crippen LogP contribution is 2.22. The zero-order valence-corrected chi connectivity index (χ0v) is 10.9. The lowest BCUT2D eigenvalue weighted by molar-refractivity contribution is -0.115. The Bertz CT molecular complexity index is 567. The third kappa shape index (κ3) is 3.51. The molecule has 0 atom stereocenters. The Morgan fingerprint density at radius 2 is 2.00 bits per heavy atom. The van der Waals surface area contributed by atoms with Gasteiger partial charge in [0.05, 0.1) is 13.7 Å². The van der Waals surface area contributed by atoms with Crippen molar-refractivity contribution in [3.63, 3.8) is 0 Å². The lowest BCUT2D eigenvalue weighted by Gasteiger charge is -2.05. The minimum Gasteiger partial charge on any atom is -0.497 e. The first-order valence-electron chi connectivity index (χ1n) is 5.89. The van der Waals surface area contributed by atoms with Crippen LogP contribution in [0.15, 0.2) is 36.7 Å². The van der Waals surface area contributed by atoms with E-state index in [9.17, 15) is 4.79 Å². The van der Waals surface area contributed by atoms with Crippen molar-refractivity contribution in [1.82, 2.24) is 9.97 Å². The number of ketones is 1. The fourth-order valence-electron chi connectivity index (χ4n) is 1.57. The van der Waals surface area contributed by atoms with E-state index in [0.717, 1.165) is 16.9 Å². The maximum absolute atomic E-state index is 10.8. The first-order valence-corrected chi connectivity index (χ1v) is 5.89. The standard InChI is InChI=1S/C14H15N3O2/c1-10(18)7-15-14-16-8-12(9-17-14)11-4-3-5-13(6-11)19-2/h3-6,8-9H,7H2,1-2H3,(H,15,16,17). The van der Waals surface area contributed by atoms with Gasteiger partial charge in [0.25, 0.3) is 0 Å². The molecule has 5 heteroatoms. The van der Waals surface area contributed by atoms with Crippen LogP contribution in [0.25, 0.3) is 11.1 Å². The van der Waals surface area contributed by atoms with Crippen LogP contribution in [0.1, 0.15) is 6.92 Å². The molecule has 0 aliphatic rings. The number of carbonyl (C=O) groups excluding carboxylic acids is 1. The van der Waals surface area contributed by atoms with E-state index in [2.05, 4.69) is 15.3 Å². The molecule has 2 aromatic rings. The highest BCUT2D eigenvalue weighted by Gasteiger charge is 2.02. The quantitative estimate of drug-likeness (QED) is 0.889. The maximum atomic E-state index is 10.8. The van der Waals surface area contributed by atoms with E-state index in [-0.39, 0.29) is 12.3 Å². The van der Waals surface area contributed by atoms with Gasteiger partial charge in [0.15, 0.2) is 0 Å². The van der Waals surface area contributed by atoms with Gasteiger partial charge in [-0.15, -0.1) is 0 Å². The lowest BCUT2D eigenvalue weighted by Crippen LogP contribution is -2.11. The molecule has 0 aliphatic heterocycles. The van der Waals surface area contributed by atoms with Gasteiger partial charge >= 0.3 is 0 Å². The molecule has 1 N–H and O–H groups in total. The number of nitrogens with zero attached hydrogens (tertiary/aromatic N) is 2. The molecule has 19 heavy (non-hydrogen) atoms. The Balaban J connectivity index is 2.15. The molecule has 0 amide bonds. The van der Waals surface area contributed by atoms with Gasteiger partial charge in [0.2, 0.25) is 5.95 Å². The van der Waals surface area contributed by atoms with Crippen LogP contribution in [0.4, 0.5) is 5.95 Å². The highest BCUT2D eigenvalue weighted by molar-refractivity contribution is 5.79. The number of Topliss-reactive ketones (excluding diaryl/α,β-unsaturated/α-hetero) is 1. The van der Waals surface area contributed by atoms with E-state index in [4.69, 9.17) is 4.74 Å². The summed E-state index contributed by atoms with van der Waals surface area (Å²) in [6, 6.07) is 7.68. The van der Waals surface area contributed by atoms with Gasteiger partial charge in [-0.2, -0.15) is 0 Å². The van der Waals surface area contributed by atoms with E-state index in [0.29, 0.717) is 5.95 Å². The summed E-state index contributed by atoms with van der Waals surface area (Å²) < 4.78 is 5.17. The SMILES string of the molecule is COc1cccc(-c2cnc(NCC(C)=O)nc2)c1. The predicted molar refractivity (Wildman–Crippen MR) is 73.2 cm³/mol. The minimum atomic E-state index is 0.0421. The number of aromatic nitrogens is 2. The van der Waals surface area contributed by atoms with Crippen molar-refractivity contribution >= 4 is 11.7 Å². The monoisotopic (exact) mass is 257 g/mol. The van der Waals surface area contributed by atoms with Crippen LogP contribution in [0.3, 0.4) is 0 Å². The second-order valence-corrected chi connectivity index (χ2v) is 4.08. The molecule has 0 saturated heterocycles. The van der Waals surface area contributed by atoms with Gasteiger partial charge in [-0.05, 0) is 24.6 Å². The zero-order valence-electron chi connectivity index (χ0n) is 10.9. The number of rotatable bonds is 5. The van der Waals surface area contributed by atoms with Gasteiger partial charge < -0.3 is 10.1 Å². The number of anilines is 1. The van der Waals surface area contributed by atoms with E-state index in [1.165, 1.54) is 6.92 Å². The van der Waals surface area contributed by atoms with Crippen LogP contribution < -0.4 is 10.1 Å². The first kappa shape index (κ1) is 13.0. The molecule has 0 radical (unpaired) electrons. The smallest absolute Gasteiger partial charge is 0.222 e. The van der Waals surface area contributed by atoms with Crippen molar-refractivity contribution in [3.8, 4) is 16.9 Å². The molecule has 0 fully saturated rings. The molecule has 1 aromatic heterocycles. The summed E-state index contributed by atoms with van der Waals surface area (Å²) in [4.78, 5) is 19.2. The number of methoxy groups -OCH3 is 1. The van der Waals surface area contributed by atoms with Crippen molar-refractivity contribution in [2.45, 2.75) is 6.92 Å². The third-order valence-electron chi connectivity index (χ3n) is 2.55. The van der Waals surface area contributed by atoms with Crippen LogP contribution in [0.5, 0.6) is 5.75 Å². The van der Waals surface area contributed by atoms with Crippen LogP contribution in [-0.2, 0) is 4.79 Å². The summed E-state index contributed by atoms with van der Waals surface area (Å²) in [7, 11) is 1.63. The molecule has 0 saturated carbocycles. The Morgan fingerprint density at radius 1 is 1.26 bits per heavy atom. The van der Waals surface area contributed by atoms with E-state index in [1.54, 1.807) is 19.5 Å². The lowest BCUT2D eigenvalue weighted by atomic mass is 10.1. The van der Waals surface area contributed by atoms with E-state index < -0.39 is 0 Å². The molecule has 1 aromatic carbocycles. The second kappa shape index (κ2) is 5.95. The molecule has 98 valence electrons. The Morgan fingerprint density at radius 3 is 2.63 bits per heavy atom. The fourth-order valence-corrected chi connectivity index (χ4v) is 1.57. The molecule has 1 heterocycles. The number of carbonyl (C=O) groups is 1. The van der Waals surface area contributed by atoms with Gasteiger partial charge in [0, 0.05) is 18.0 Å². The van der Waals surface area contributed by atoms with E-state index in [1.807, 2.05) is 24.3 Å². The largest absolute Gasteiger partial charge is 0.497 e. The Hall–Kier alpha value is -2.43. The van der Waals surface area contributed by atoms with Crippen LogP contribution in [0, 0.1) is 0 Å². The average Bonchev–Trinajstić information content (AvgIpc) is 2.45. The van der Waals surface area contributed by atoms with Crippen LogP contribution in [-0.4, -0.2) is 29.4 Å². The van der Waals surface area contributed by atoms with Crippen molar-refractivity contribution in [3.05, 3.63) is 36.7 Å². The highest BCUT2D eigenvalue weighted by atomic mass is 16.5. The summed E-state index contributed by atoms with van der Waals surface area (Å²) >= 11 is 0. The Labute approximate surface area is 111 Å². The predicted octanol–water partition coefficient (Wildman–Crippen LogP) is 2.15. The maximum Gasteiger partial charge on any atom is 0.222 e. The van der Waals surface area contributed by atoms with Crippen molar-refractivity contribution in [1.29, 1.82) is 0 Å². The molecule has 0 spiro atoms. The number of hydrogen-bond donors (Lipinski definition) is 1. The van der Waals surface area contributed by atoms with E-state index >= 15 is 0 Å². The first-order chi connectivity index (χ1) is 9.19. The van der Waals surface area contributed by atoms with Gasteiger partial charge in [-0.1, -0.05) is 12.1 Å². The molecule has 0 aliphatic carbocycles. The Kier molecular flexibility index (Phi) is 4.07. The van der Waals surface area contributed by atoms with Crippen molar-refractivity contribution < 1.29 is 9.53 Å². The fraction of sp³-hybridized carbons (Fsp3) is 0.214. The number of ether oxygens (including phenoxy) is 1. The number of nitrogens with one attached hydrogen (secondary N) is 1. The average molecular weight is 257 g/mol. The molecule has 0 bridgehead atoms.